The van der Waals surface area contributed by atoms with Crippen LogP contribution in [0.1, 0.15) is 21.6 Å². The molecule has 2 N–H and O–H groups in total. The van der Waals surface area contributed by atoms with E-state index in [4.69, 9.17) is 5.73 Å². The molecular weight excluding hydrogens is 154 g/mol. The zero-order chi connectivity index (χ0) is 8.55. The second-order valence-corrected chi connectivity index (χ2v) is 2.57. The Labute approximate surface area is 69.1 Å². The van der Waals surface area contributed by atoms with Crippen molar-refractivity contribution in [3.8, 4) is 0 Å². The van der Waals surface area contributed by atoms with E-state index in [-0.39, 0.29) is 0 Å². The van der Waals surface area contributed by atoms with Gasteiger partial charge in [0.2, 0.25) is 0 Å². The molecule has 2 rings (SSSR count). The molecule has 2 heterocycles. The van der Waals surface area contributed by atoms with Crippen LogP contribution in [-0.4, -0.2) is 17.1 Å². The molecular formula is C8H7N3O. The number of rotatable bonds is 1. The van der Waals surface area contributed by atoms with E-state index in [0.29, 0.717) is 12.2 Å². The average molecular weight is 161 g/mol. The van der Waals surface area contributed by atoms with Gasteiger partial charge >= 0.3 is 0 Å². The van der Waals surface area contributed by atoms with Gasteiger partial charge in [-0.1, -0.05) is 0 Å². The van der Waals surface area contributed by atoms with Gasteiger partial charge in [-0.3, -0.25) is 14.8 Å². The number of carbonyl (C=O) groups excluding carboxylic acids is 1. The smallest absolute Gasteiger partial charge is 0.267 e. The van der Waals surface area contributed by atoms with Crippen LogP contribution in [0.3, 0.4) is 0 Å². The number of nitrogens with zero attached hydrogens (tertiary/aromatic N) is 2. The molecule has 1 aromatic rings. The summed E-state index contributed by atoms with van der Waals surface area (Å²) in [5.74, 6) is -0.500. The lowest BCUT2D eigenvalue weighted by Gasteiger charge is -1.99. The zero-order valence-corrected chi connectivity index (χ0v) is 6.32. The summed E-state index contributed by atoms with van der Waals surface area (Å²) < 4.78 is 0. The molecule has 0 fully saturated rings. The van der Waals surface area contributed by atoms with Gasteiger partial charge in [0.15, 0.2) is 0 Å². The first-order valence-electron chi connectivity index (χ1n) is 3.56. The van der Waals surface area contributed by atoms with Crippen molar-refractivity contribution in [2.75, 3.05) is 0 Å². The topological polar surface area (TPSA) is 68.3 Å². The maximum atomic E-state index is 10.9. The highest BCUT2D eigenvalue weighted by Crippen LogP contribution is 2.15. The second-order valence-electron chi connectivity index (χ2n) is 2.57. The normalized spacial score (nSPS) is 13.0. The van der Waals surface area contributed by atoms with Crippen LogP contribution in [0.15, 0.2) is 17.3 Å². The third-order valence-electron chi connectivity index (χ3n) is 1.80. The van der Waals surface area contributed by atoms with Crippen molar-refractivity contribution >= 4 is 12.1 Å². The number of carbonyl (C=O) groups is 1. The van der Waals surface area contributed by atoms with E-state index in [2.05, 4.69) is 9.98 Å². The van der Waals surface area contributed by atoms with E-state index >= 15 is 0 Å². The van der Waals surface area contributed by atoms with Crippen molar-refractivity contribution in [2.24, 2.45) is 10.7 Å². The fraction of sp³-hybridized carbons (Fsp3) is 0.125. The molecule has 12 heavy (non-hydrogen) atoms. The van der Waals surface area contributed by atoms with Crippen LogP contribution in [-0.2, 0) is 6.54 Å². The van der Waals surface area contributed by atoms with Crippen molar-refractivity contribution in [3.63, 3.8) is 0 Å². The van der Waals surface area contributed by atoms with Gasteiger partial charge in [0.1, 0.15) is 5.69 Å². The minimum absolute atomic E-state index is 0.314. The molecule has 0 aromatic carbocycles. The van der Waals surface area contributed by atoms with Crippen LogP contribution in [0.25, 0.3) is 0 Å². The molecule has 0 bridgehead atoms. The van der Waals surface area contributed by atoms with Crippen molar-refractivity contribution in [1.29, 1.82) is 0 Å². The Kier molecular flexibility index (Phi) is 1.40. The molecule has 0 radical (unpaired) electrons. The molecule has 4 nitrogen and oxygen atoms in total. The first kappa shape index (κ1) is 6.97. The fourth-order valence-corrected chi connectivity index (χ4v) is 1.23. The van der Waals surface area contributed by atoms with E-state index in [0.717, 1.165) is 11.1 Å². The minimum Gasteiger partial charge on any atom is -0.364 e. The van der Waals surface area contributed by atoms with E-state index in [9.17, 15) is 4.79 Å². The molecule has 1 aliphatic heterocycles. The zero-order valence-electron chi connectivity index (χ0n) is 6.32. The molecule has 0 saturated carbocycles. The summed E-state index contributed by atoms with van der Waals surface area (Å²) in [6, 6.07) is 1.84. The lowest BCUT2D eigenvalue weighted by atomic mass is 10.1. The number of primary amides is 1. The monoisotopic (exact) mass is 161 g/mol. The van der Waals surface area contributed by atoms with E-state index in [1.807, 2.05) is 6.07 Å². The highest BCUT2D eigenvalue weighted by Gasteiger charge is 2.14. The first-order valence-corrected chi connectivity index (χ1v) is 3.56. The Morgan fingerprint density at radius 2 is 2.42 bits per heavy atom. The molecule has 0 atom stereocenters. The molecule has 1 amide bonds. The minimum atomic E-state index is -0.500. The summed E-state index contributed by atoms with van der Waals surface area (Å²) in [7, 11) is 0. The van der Waals surface area contributed by atoms with Crippen LogP contribution in [0, 0.1) is 0 Å². The molecule has 4 heteroatoms. The van der Waals surface area contributed by atoms with Crippen molar-refractivity contribution in [2.45, 2.75) is 6.54 Å². The SMILES string of the molecule is NC(=O)c1nccc2c1C=NC2. The van der Waals surface area contributed by atoms with E-state index < -0.39 is 5.91 Å². The predicted molar refractivity (Wildman–Crippen MR) is 44.1 cm³/mol. The number of aromatic nitrogens is 1. The van der Waals surface area contributed by atoms with Crippen LogP contribution >= 0.6 is 0 Å². The van der Waals surface area contributed by atoms with Gasteiger partial charge in [0, 0.05) is 18.0 Å². The molecule has 1 aromatic heterocycles. The Morgan fingerprint density at radius 3 is 3.17 bits per heavy atom. The molecule has 0 aliphatic carbocycles. The van der Waals surface area contributed by atoms with E-state index in [1.54, 1.807) is 12.4 Å². The third kappa shape index (κ3) is 0.887. The van der Waals surface area contributed by atoms with Crippen molar-refractivity contribution < 1.29 is 4.79 Å². The number of aliphatic imine (C=N–C) groups is 1. The standard InChI is InChI=1S/C8H7N3O/c9-8(12)7-6-4-10-3-5(6)1-2-11-7/h1-2,4H,3H2,(H2,9,12). The fourth-order valence-electron chi connectivity index (χ4n) is 1.23. The summed E-state index contributed by atoms with van der Waals surface area (Å²) in [4.78, 5) is 18.8. The van der Waals surface area contributed by atoms with Crippen molar-refractivity contribution in [3.05, 3.63) is 29.1 Å². The maximum Gasteiger partial charge on any atom is 0.267 e. The highest BCUT2D eigenvalue weighted by molar-refractivity contribution is 6.01. The summed E-state index contributed by atoms with van der Waals surface area (Å²) in [5.41, 5.74) is 7.22. The number of nitrogens with two attached hydrogens (primary N) is 1. The summed E-state index contributed by atoms with van der Waals surface area (Å²) in [6.45, 7) is 0.623. The van der Waals surface area contributed by atoms with Gasteiger partial charge in [-0.2, -0.15) is 0 Å². The quantitative estimate of drug-likeness (QED) is 0.635. The molecule has 0 spiro atoms. The lowest BCUT2D eigenvalue weighted by molar-refractivity contribution is 0.0995. The van der Waals surface area contributed by atoms with Crippen molar-refractivity contribution in [1.82, 2.24) is 4.98 Å². The number of hydrogen-bond acceptors (Lipinski definition) is 3. The molecule has 1 aliphatic rings. The van der Waals surface area contributed by atoms with Crippen LogP contribution < -0.4 is 5.73 Å². The molecule has 60 valence electrons. The number of hydrogen-bond donors (Lipinski definition) is 1. The van der Waals surface area contributed by atoms with Gasteiger partial charge in [-0.25, -0.2) is 0 Å². The van der Waals surface area contributed by atoms with E-state index in [1.165, 1.54) is 0 Å². The number of amides is 1. The second kappa shape index (κ2) is 2.41. The summed E-state index contributed by atoms with van der Waals surface area (Å²) in [5, 5.41) is 0. The van der Waals surface area contributed by atoms with Crippen LogP contribution in [0.4, 0.5) is 0 Å². The van der Waals surface area contributed by atoms with Gasteiger partial charge < -0.3 is 5.73 Å². The maximum absolute atomic E-state index is 10.9. The Morgan fingerprint density at radius 1 is 1.58 bits per heavy atom. The summed E-state index contributed by atoms with van der Waals surface area (Å²) in [6.07, 6.45) is 3.22. The largest absolute Gasteiger partial charge is 0.364 e. The number of pyridine rings is 1. The molecule has 0 unspecified atom stereocenters. The first-order chi connectivity index (χ1) is 5.79. The van der Waals surface area contributed by atoms with Gasteiger partial charge in [-0.15, -0.1) is 0 Å². The van der Waals surface area contributed by atoms with Gasteiger partial charge in [-0.05, 0) is 11.6 Å². The van der Waals surface area contributed by atoms with Gasteiger partial charge in [0.25, 0.3) is 5.91 Å². The summed E-state index contributed by atoms with van der Waals surface area (Å²) >= 11 is 0. The van der Waals surface area contributed by atoms with Gasteiger partial charge in [0.05, 0.1) is 6.54 Å². The Hall–Kier alpha value is -1.71. The predicted octanol–water partition coefficient (Wildman–Crippen LogP) is 0.113. The third-order valence-corrected chi connectivity index (χ3v) is 1.80. The highest BCUT2D eigenvalue weighted by atomic mass is 16.1. The average Bonchev–Trinajstić information content (AvgIpc) is 2.49. The van der Waals surface area contributed by atoms with Crippen LogP contribution in [0.2, 0.25) is 0 Å². The lowest BCUT2D eigenvalue weighted by Crippen LogP contribution is -2.15. The number of fused-ring (bicyclic) bond motifs is 1. The van der Waals surface area contributed by atoms with Crippen LogP contribution in [0.5, 0.6) is 0 Å². The molecule has 0 saturated heterocycles. The Bertz CT molecular complexity index is 371. The Balaban J connectivity index is 2.63.